The van der Waals surface area contributed by atoms with Crippen LogP contribution >= 0.6 is 0 Å². The van der Waals surface area contributed by atoms with Gasteiger partial charge in [-0.05, 0) is 80.0 Å². The van der Waals surface area contributed by atoms with E-state index in [1.54, 1.807) is 0 Å². The molecule has 4 aliphatic rings. The smallest absolute Gasteiger partial charge is 0.305 e. The van der Waals surface area contributed by atoms with E-state index in [2.05, 4.69) is 20.8 Å². The molecule has 0 aromatic heterocycles. The monoisotopic (exact) mass is 420 g/mol. The fourth-order valence-corrected chi connectivity index (χ4v) is 8.49. The van der Waals surface area contributed by atoms with E-state index in [1.807, 2.05) is 0 Å². The van der Waals surface area contributed by atoms with Crippen LogP contribution in [0.15, 0.2) is 0 Å². The van der Waals surface area contributed by atoms with Crippen molar-refractivity contribution in [1.82, 2.24) is 0 Å². The molecular weight excluding hydrogens is 380 g/mol. The first-order valence-electron chi connectivity index (χ1n) is 12.1. The van der Waals surface area contributed by atoms with Gasteiger partial charge in [0.2, 0.25) is 0 Å². The molecule has 4 aliphatic carbocycles. The molecule has 4 rings (SSSR count). The third kappa shape index (κ3) is 3.26. The molecule has 0 aliphatic heterocycles. The summed E-state index contributed by atoms with van der Waals surface area (Å²) in [6.07, 6.45) is 6.32. The molecule has 0 spiro atoms. The maximum absolute atomic E-state index is 13.4. The van der Waals surface area contributed by atoms with Crippen LogP contribution in [0, 0.1) is 46.3 Å². The summed E-state index contributed by atoms with van der Waals surface area (Å²) in [6, 6.07) is 0. The Hall–Kier alpha value is -0.940. The average molecular weight is 421 g/mol. The summed E-state index contributed by atoms with van der Waals surface area (Å²) in [5.74, 6) is 1.61. The summed E-state index contributed by atoms with van der Waals surface area (Å²) in [4.78, 5) is 25.1. The zero-order chi connectivity index (χ0) is 21.8. The van der Waals surface area contributed by atoms with E-state index < -0.39 is 6.10 Å². The fraction of sp³-hybridized carbons (Fsp3) is 0.920. The molecule has 170 valence electrons. The minimum atomic E-state index is -0.410. The summed E-state index contributed by atoms with van der Waals surface area (Å²) < 4.78 is 4.82. The molecule has 2 N–H and O–H groups in total. The first-order valence-corrected chi connectivity index (χ1v) is 12.1. The molecule has 5 nitrogen and oxygen atoms in total. The Morgan fingerprint density at radius 2 is 1.90 bits per heavy atom. The Morgan fingerprint density at radius 3 is 2.60 bits per heavy atom. The molecule has 10 atom stereocenters. The van der Waals surface area contributed by atoms with Gasteiger partial charge in [0.1, 0.15) is 5.78 Å². The average Bonchev–Trinajstić information content (AvgIpc) is 3.06. The highest BCUT2D eigenvalue weighted by Crippen LogP contribution is 2.67. The Bertz CT molecular complexity index is 691. The van der Waals surface area contributed by atoms with Gasteiger partial charge in [-0.1, -0.05) is 20.8 Å². The molecule has 0 radical (unpaired) electrons. The van der Waals surface area contributed by atoms with Crippen LogP contribution in [0.25, 0.3) is 0 Å². The molecule has 4 fully saturated rings. The molecule has 0 amide bonds. The van der Waals surface area contributed by atoms with Crippen LogP contribution in [0.3, 0.4) is 0 Å². The first-order chi connectivity index (χ1) is 14.1. The number of aliphatic hydroxyl groups is 2. The maximum atomic E-state index is 13.4. The molecule has 30 heavy (non-hydrogen) atoms. The molecule has 0 bridgehead atoms. The van der Waals surface area contributed by atoms with Gasteiger partial charge in [0.15, 0.2) is 0 Å². The highest BCUT2D eigenvalue weighted by molar-refractivity contribution is 5.83. The van der Waals surface area contributed by atoms with Gasteiger partial charge >= 0.3 is 5.97 Å². The molecule has 0 aromatic rings. The second-order valence-corrected chi connectivity index (χ2v) is 11.4. The largest absolute Gasteiger partial charge is 0.469 e. The Labute approximate surface area is 180 Å². The zero-order valence-corrected chi connectivity index (χ0v) is 19.1. The van der Waals surface area contributed by atoms with Gasteiger partial charge in [0.25, 0.3) is 0 Å². The number of hydrogen-bond acceptors (Lipinski definition) is 5. The minimum absolute atomic E-state index is 0.0488. The first kappa shape index (κ1) is 22.3. The van der Waals surface area contributed by atoms with Crippen LogP contribution in [0.4, 0.5) is 0 Å². The van der Waals surface area contributed by atoms with Crippen LogP contribution < -0.4 is 0 Å². The maximum Gasteiger partial charge on any atom is 0.305 e. The number of methoxy groups -OCH3 is 1. The van der Waals surface area contributed by atoms with Gasteiger partial charge in [0.05, 0.1) is 19.3 Å². The quantitative estimate of drug-likeness (QED) is 0.677. The van der Waals surface area contributed by atoms with E-state index in [-0.39, 0.29) is 46.6 Å². The van der Waals surface area contributed by atoms with Gasteiger partial charge < -0.3 is 14.9 Å². The van der Waals surface area contributed by atoms with Crippen molar-refractivity contribution in [2.75, 3.05) is 7.11 Å². The predicted molar refractivity (Wildman–Crippen MR) is 113 cm³/mol. The molecule has 4 saturated carbocycles. The van der Waals surface area contributed by atoms with E-state index in [1.165, 1.54) is 7.11 Å². The normalized spacial score (nSPS) is 49.0. The summed E-state index contributed by atoms with van der Waals surface area (Å²) in [7, 11) is 1.43. The van der Waals surface area contributed by atoms with Gasteiger partial charge in [-0.15, -0.1) is 0 Å². The third-order valence-corrected chi connectivity index (χ3v) is 10.3. The van der Waals surface area contributed by atoms with Crippen molar-refractivity contribution in [3.63, 3.8) is 0 Å². The Balaban J connectivity index is 1.59. The molecule has 0 heterocycles. The highest BCUT2D eigenvalue weighted by Gasteiger charge is 2.65. The summed E-state index contributed by atoms with van der Waals surface area (Å²) in [5, 5.41) is 21.7. The van der Waals surface area contributed by atoms with Crippen LogP contribution in [-0.2, 0) is 14.3 Å². The van der Waals surface area contributed by atoms with Crippen molar-refractivity contribution < 1.29 is 24.5 Å². The molecule has 0 aromatic carbocycles. The predicted octanol–water partition coefficient (Wildman–Crippen LogP) is 3.75. The van der Waals surface area contributed by atoms with Crippen molar-refractivity contribution in [2.45, 2.75) is 90.8 Å². The van der Waals surface area contributed by atoms with Crippen molar-refractivity contribution in [2.24, 2.45) is 46.3 Å². The van der Waals surface area contributed by atoms with Crippen molar-refractivity contribution >= 4 is 11.8 Å². The molecule has 5 heteroatoms. The van der Waals surface area contributed by atoms with Crippen LogP contribution in [0.5, 0.6) is 0 Å². The number of fused-ring (bicyclic) bond motifs is 5. The van der Waals surface area contributed by atoms with E-state index in [0.717, 1.165) is 38.5 Å². The van der Waals surface area contributed by atoms with Crippen LogP contribution in [0.2, 0.25) is 0 Å². The lowest BCUT2D eigenvalue weighted by Gasteiger charge is -2.61. The molecule has 0 saturated heterocycles. The topological polar surface area (TPSA) is 83.8 Å². The van der Waals surface area contributed by atoms with Crippen molar-refractivity contribution in [1.29, 1.82) is 0 Å². The summed E-state index contributed by atoms with van der Waals surface area (Å²) in [6.45, 7) is 6.74. The van der Waals surface area contributed by atoms with Gasteiger partial charge in [0, 0.05) is 24.2 Å². The lowest BCUT2D eigenvalue weighted by molar-refractivity contribution is -0.182. The number of hydrogen-bond donors (Lipinski definition) is 2. The zero-order valence-electron chi connectivity index (χ0n) is 19.1. The summed E-state index contributed by atoms with van der Waals surface area (Å²) in [5.41, 5.74) is -0.210. The van der Waals surface area contributed by atoms with Crippen LogP contribution in [-0.4, -0.2) is 41.3 Å². The van der Waals surface area contributed by atoms with Gasteiger partial charge in [-0.3, -0.25) is 9.59 Å². The Morgan fingerprint density at radius 1 is 1.17 bits per heavy atom. The van der Waals surface area contributed by atoms with E-state index in [0.29, 0.717) is 36.9 Å². The second kappa shape index (κ2) is 7.88. The number of esters is 1. The number of Topliss-reactive ketones (excluding diaryl/α,β-unsaturated/α-hetero) is 1. The van der Waals surface area contributed by atoms with Gasteiger partial charge in [-0.2, -0.15) is 0 Å². The molecular formula is C25H40O5. The van der Waals surface area contributed by atoms with E-state index in [4.69, 9.17) is 4.74 Å². The Kier molecular flexibility index (Phi) is 5.85. The highest BCUT2D eigenvalue weighted by atomic mass is 16.5. The van der Waals surface area contributed by atoms with E-state index in [9.17, 15) is 19.8 Å². The lowest BCUT2D eigenvalue weighted by Crippen LogP contribution is -2.61. The number of ketones is 1. The van der Waals surface area contributed by atoms with Crippen LogP contribution in [0.1, 0.15) is 78.6 Å². The minimum Gasteiger partial charge on any atom is -0.469 e. The number of carbonyl (C=O) groups is 2. The SMILES string of the molecule is COC(=O)CCC(C)C1CCC2C3C(=O)C[C@@H]4C[C@H](O)CCC4(C)C3C[C@H](O)C12C. The standard InChI is InChI=1S/C25H40O5/c1-14(5-8-22(29)30-4)17-6-7-18-23-19(13-21(28)25(17,18)3)24(2)10-9-16(26)11-15(24)12-20(23)27/h14-19,21,23,26,28H,5-13H2,1-4H3/t14?,15-,16+,17?,18?,19?,21-,23?,24?,25?/m0/s1. The third-order valence-electron chi connectivity index (χ3n) is 10.3. The number of carbonyl (C=O) groups excluding carboxylic acids is 2. The number of rotatable bonds is 4. The van der Waals surface area contributed by atoms with Crippen molar-refractivity contribution in [3.8, 4) is 0 Å². The van der Waals surface area contributed by atoms with E-state index >= 15 is 0 Å². The second-order valence-electron chi connectivity index (χ2n) is 11.4. The molecule has 7 unspecified atom stereocenters. The number of aliphatic hydroxyl groups excluding tert-OH is 2. The lowest BCUT2D eigenvalue weighted by atomic mass is 9.43. The van der Waals surface area contributed by atoms with Crippen molar-refractivity contribution in [3.05, 3.63) is 0 Å². The summed E-state index contributed by atoms with van der Waals surface area (Å²) >= 11 is 0. The number of ether oxygens (including phenoxy) is 1. The fourth-order valence-electron chi connectivity index (χ4n) is 8.49. The van der Waals surface area contributed by atoms with Gasteiger partial charge in [-0.25, -0.2) is 0 Å².